The molecule has 2 aliphatic heterocycles. The number of H-pyrrole nitrogens is 2. The van der Waals surface area contributed by atoms with E-state index in [4.69, 9.17) is 10.5 Å². The Kier molecular flexibility index (Phi) is 5.59. The van der Waals surface area contributed by atoms with E-state index in [-0.39, 0.29) is 23.3 Å². The summed E-state index contributed by atoms with van der Waals surface area (Å²) < 4.78 is 5.93. The van der Waals surface area contributed by atoms with E-state index in [1.807, 2.05) is 73.7 Å². The molecule has 2 aliphatic rings. The monoisotopic (exact) mass is 438 g/mol. The Balaban J connectivity index is 0.00000218. The van der Waals surface area contributed by atoms with Gasteiger partial charge in [-0.3, -0.25) is 5.73 Å². The maximum absolute atomic E-state index is 6.02. The third-order valence-corrected chi connectivity index (χ3v) is 4.81. The van der Waals surface area contributed by atoms with Crippen molar-refractivity contribution in [1.29, 1.82) is 0 Å². The molecule has 4 N–H and O–H groups in total. The second-order valence-corrected chi connectivity index (χ2v) is 7.10. The maximum atomic E-state index is 6.02. The van der Waals surface area contributed by atoms with Gasteiger partial charge in [0.05, 0.1) is 28.3 Å². The molecule has 0 aromatic carbocycles. The van der Waals surface area contributed by atoms with Crippen LogP contribution in [0.5, 0.6) is 5.75 Å². The maximum Gasteiger partial charge on any atom is 0.147 e. The molecule has 0 saturated carbocycles. The van der Waals surface area contributed by atoms with Gasteiger partial charge >= 0.3 is 0 Å². The molecule has 1 unspecified atom stereocenters. The Morgan fingerprint density at radius 3 is 2.07 bits per heavy atom. The Morgan fingerprint density at radius 2 is 1.40 bits per heavy atom. The van der Waals surface area contributed by atoms with Crippen LogP contribution in [-0.2, 0) is 17.1 Å². The van der Waals surface area contributed by atoms with Crippen LogP contribution in [0, 0.1) is 0 Å². The fourth-order valence-corrected chi connectivity index (χ4v) is 3.34. The van der Waals surface area contributed by atoms with Gasteiger partial charge < -0.3 is 14.7 Å². The average Bonchev–Trinajstić information content (AvgIpc) is 3.47. The van der Waals surface area contributed by atoms with Gasteiger partial charge in [-0.15, -0.1) is 0 Å². The quantitative estimate of drug-likeness (QED) is 0.281. The van der Waals surface area contributed by atoms with Crippen LogP contribution in [0.2, 0.25) is 0 Å². The van der Waals surface area contributed by atoms with Crippen LogP contribution in [-0.4, -0.2) is 26.2 Å². The van der Waals surface area contributed by atoms with E-state index < -0.39 is 0 Å². The topological polar surface area (TPSA) is 92.6 Å². The third kappa shape index (κ3) is 4.23. The van der Waals surface area contributed by atoms with E-state index in [9.17, 15) is 0 Å². The predicted octanol–water partition coefficient (Wildman–Crippen LogP) is 4.73. The Labute approximate surface area is 184 Å². The van der Waals surface area contributed by atoms with E-state index in [1.54, 1.807) is 0 Å². The number of fused-ring (bicyclic) bond motifs is 8. The average molecular weight is 438 g/mol. The van der Waals surface area contributed by atoms with Gasteiger partial charge in [0, 0.05) is 39.7 Å². The molecule has 0 amide bonds. The van der Waals surface area contributed by atoms with Crippen LogP contribution in [0.3, 0.4) is 0 Å². The summed E-state index contributed by atoms with van der Waals surface area (Å²) in [6, 6.07) is 14.0. The largest absolute Gasteiger partial charge is 0.473 e. The number of hydrogen-bond acceptors (Lipinski definition) is 4. The molecule has 5 rings (SSSR count). The molecular weight excluding hydrogens is 417 g/mol. The van der Waals surface area contributed by atoms with Gasteiger partial charge in [-0.25, -0.2) is 9.97 Å². The number of aromatic amines is 2. The van der Waals surface area contributed by atoms with Gasteiger partial charge in [-0.05, 0) is 67.1 Å². The minimum absolute atomic E-state index is 0. The molecule has 0 saturated heterocycles. The summed E-state index contributed by atoms with van der Waals surface area (Å²) in [6.45, 7) is 2.00. The van der Waals surface area contributed by atoms with Crippen molar-refractivity contribution >= 4 is 46.4 Å². The van der Waals surface area contributed by atoms with Crippen molar-refractivity contribution in [3.05, 3.63) is 65.2 Å². The molecule has 151 valence electrons. The molecule has 8 bridgehead atoms. The van der Waals surface area contributed by atoms with Crippen LogP contribution in [0.25, 0.3) is 46.4 Å². The van der Waals surface area contributed by atoms with Crippen molar-refractivity contribution in [2.24, 2.45) is 5.73 Å². The molecule has 30 heavy (non-hydrogen) atoms. The number of aromatic nitrogens is 4. The number of ether oxygens (including phenoxy) is 1. The van der Waals surface area contributed by atoms with Gasteiger partial charge in [-0.2, -0.15) is 0 Å². The van der Waals surface area contributed by atoms with Crippen LogP contribution in [0.15, 0.2) is 42.5 Å². The second-order valence-electron chi connectivity index (χ2n) is 7.10. The van der Waals surface area contributed by atoms with Gasteiger partial charge in [0.2, 0.25) is 0 Å². The zero-order valence-electron chi connectivity index (χ0n) is 16.4. The van der Waals surface area contributed by atoms with Crippen LogP contribution in [0.4, 0.5) is 0 Å². The van der Waals surface area contributed by atoms with Crippen molar-refractivity contribution in [3.63, 3.8) is 0 Å². The number of hydrogen-bond donors (Lipinski definition) is 3. The standard InChI is InChI=1S/C23H21N5O.Mn/c1-2-23(24)29-22-13-20-11-18-6-5-16(26-18)9-14-3-4-15(25-14)10-17-7-8-19(27-17)12-21(22)28-20;/h3-13,23,26,28H,2,24H2,1H3;. The number of nitrogens with two attached hydrogens (primary N) is 1. The van der Waals surface area contributed by atoms with E-state index in [1.165, 1.54) is 0 Å². The van der Waals surface area contributed by atoms with Crippen molar-refractivity contribution in [3.8, 4) is 5.75 Å². The summed E-state index contributed by atoms with van der Waals surface area (Å²) in [5.74, 6) is 0.712. The van der Waals surface area contributed by atoms with Crippen molar-refractivity contribution in [1.82, 2.24) is 19.9 Å². The zero-order chi connectivity index (χ0) is 19.8. The van der Waals surface area contributed by atoms with Crippen molar-refractivity contribution < 1.29 is 21.8 Å². The Bertz CT molecular complexity index is 1300. The fraction of sp³-hybridized carbons (Fsp3) is 0.130. The predicted molar refractivity (Wildman–Crippen MR) is 118 cm³/mol. The van der Waals surface area contributed by atoms with Gasteiger partial charge in [0.15, 0.2) is 0 Å². The van der Waals surface area contributed by atoms with Crippen LogP contribution >= 0.6 is 0 Å². The zero-order valence-corrected chi connectivity index (χ0v) is 17.6. The Hall–Kier alpha value is -3.12. The normalized spacial score (nSPS) is 13.1. The number of rotatable bonds is 3. The fourth-order valence-electron chi connectivity index (χ4n) is 3.34. The first-order chi connectivity index (χ1) is 14.1. The molecule has 3 aromatic heterocycles. The summed E-state index contributed by atoms with van der Waals surface area (Å²) in [5, 5.41) is 0. The van der Waals surface area contributed by atoms with E-state index in [2.05, 4.69) is 19.9 Å². The summed E-state index contributed by atoms with van der Waals surface area (Å²) in [4.78, 5) is 16.1. The van der Waals surface area contributed by atoms with E-state index >= 15 is 0 Å². The van der Waals surface area contributed by atoms with Gasteiger partial charge in [0.25, 0.3) is 0 Å². The molecule has 1 radical (unpaired) electrons. The summed E-state index contributed by atoms with van der Waals surface area (Å²) >= 11 is 0. The third-order valence-electron chi connectivity index (χ3n) is 4.81. The first-order valence-electron chi connectivity index (χ1n) is 9.65. The van der Waals surface area contributed by atoms with Gasteiger partial charge in [-0.1, -0.05) is 6.92 Å². The first kappa shape index (κ1) is 20.2. The van der Waals surface area contributed by atoms with Crippen molar-refractivity contribution in [2.45, 2.75) is 19.6 Å². The SMILES string of the molecule is CCC(N)Oc1cc2cc3ccc(cc4nc(cc5nc(cc1[nH]2)C=C5)C=C4)[nH]3.[Mn]. The minimum Gasteiger partial charge on any atom is -0.473 e. The molecule has 7 heteroatoms. The van der Waals surface area contributed by atoms with E-state index in [0.717, 1.165) is 51.3 Å². The summed E-state index contributed by atoms with van der Waals surface area (Å²) in [6.07, 6.45) is 8.31. The molecule has 3 aromatic rings. The summed E-state index contributed by atoms with van der Waals surface area (Å²) in [7, 11) is 0. The molecule has 0 aliphatic carbocycles. The molecule has 0 fully saturated rings. The second kappa shape index (κ2) is 8.32. The minimum atomic E-state index is -0.361. The smallest absolute Gasteiger partial charge is 0.147 e. The number of nitrogens with one attached hydrogen (secondary N) is 2. The molecule has 5 heterocycles. The molecule has 1 atom stereocenters. The molecule has 0 spiro atoms. The number of nitrogens with zero attached hydrogens (tertiary/aromatic N) is 2. The van der Waals surface area contributed by atoms with Crippen LogP contribution in [0.1, 0.15) is 36.1 Å². The van der Waals surface area contributed by atoms with Crippen molar-refractivity contribution in [2.75, 3.05) is 0 Å². The summed E-state index contributed by atoms with van der Waals surface area (Å²) in [5.41, 5.74) is 13.2. The van der Waals surface area contributed by atoms with Crippen LogP contribution < -0.4 is 10.5 Å². The van der Waals surface area contributed by atoms with E-state index in [0.29, 0.717) is 5.75 Å². The first-order valence-corrected chi connectivity index (χ1v) is 9.65. The van der Waals surface area contributed by atoms with Gasteiger partial charge in [0.1, 0.15) is 12.0 Å². The molecule has 6 nitrogen and oxygen atoms in total. The Morgan fingerprint density at radius 1 is 0.800 bits per heavy atom. The molecular formula is C23H21MnN5O.